The average molecular weight is 222 g/mol. The van der Waals surface area contributed by atoms with Gasteiger partial charge < -0.3 is 10.6 Å². The van der Waals surface area contributed by atoms with E-state index in [0.29, 0.717) is 13.1 Å². The molecule has 2 rings (SSSR count). The number of likely N-dealkylation sites (tertiary alicyclic amines) is 1. The first-order valence-corrected chi connectivity index (χ1v) is 5.11. The van der Waals surface area contributed by atoms with E-state index in [1.807, 2.05) is 13.2 Å². The minimum absolute atomic E-state index is 0.0207. The van der Waals surface area contributed by atoms with Crippen molar-refractivity contribution in [1.29, 1.82) is 0 Å². The van der Waals surface area contributed by atoms with Crippen molar-refractivity contribution in [2.45, 2.75) is 13.0 Å². The number of aryl methyl sites for hydroxylation is 1. The van der Waals surface area contributed by atoms with Crippen LogP contribution < -0.4 is 5.73 Å². The summed E-state index contributed by atoms with van der Waals surface area (Å²) in [7, 11) is 1.82. The molecule has 2 amide bonds. The van der Waals surface area contributed by atoms with Crippen molar-refractivity contribution in [3.8, 4) is 0 Å². The maximum atomic E-state index is 11.6. The zero-order chi connectivity index (χ0) is 11.7. The first-order valence-electron chi connectivity index (χ1n) is 5.11. The molecule has 6 nitrogen and oxygen atoms in total. The third kappa shape index (κ3) is 2.05. The molecule has 1 aliphatic rings. The predicted octanol–water partition coefficient (Wildman–Crippen LogP) is -0.746. The molecular formula is C10H14N4O2. The van der Waals surface area contributed by atoms with Crippen molar-refractivity contribution in [3.63, 3.8) is 0 Å². The SMILES string of the molecule is Cn1cc(CN2CC(C(N)=O)CC2=O)cn1. The van der Waals surface area contributed by atoms with E-state index in [4.69, 9.17) is 5.73 Å². The molecule has 2 heterocycles. The highest BCUT2D eigenvalue weighted by molar-refractivity contribution is 5.88. The largest absolute Gasteiger partial charge is 0.369 e. The summed E-state index contributed by atoms with van der Waals surface area (Å²) in [5, 5.41) is 4.02. The summed E-state index contributed by atoms with van der Waals surface area (Å²) in [5.74, 6) is -0.765. The Morgan fingerprint density at radius 1 is 1.69 bits per heavy atom. The van der Waals surface area contributed by atoms with E-state index in [1.54, 1.807) is 15.8 Å². The van der Waals surface area contributed by atoms with Gasteiger partial charge in [-0.15, -0.1) is 0 Å². The van der Waals surface area contributed by atoms with Crippen LogP contribution in [0.15, 0.2) is 12.4 Å². The number of carbonyl (C=O) groups is 2. The maximum absolute atomic E-state index is 11.6. The second-order valence-corrected chi connectivity index (χ2v) is 4.10. The van der Waals surface area contributed by atoms with Crippen molar-refractivity contribution in [1.82, 2.24) is 14.7 Å². The fraction of sp³-hybridized carbons (Fsp3) is 0.500. The first kappa shape index (κ1) is 10.7. The summed E-state index contributed by atoms with van der Waals surface area (Å²) >= 11 is 0. The van der Waals surface area contributed by atoms with Crippen LogP contribution in [0.3, 0.4) is 0 Å². The molecule has 0 bridgehead atoms. The van der Waals surface area contributed by atoms with Gasteiger partial charge in [-0.3, -0.25) is 14.3 Å². The molecule has 0 spiro atoms. The normalized spacial score (nSPS) is 20.4. The zero-order valence-corrected chi connectivity index (χ0v) is 9.09. The highest BCUT2D eigenvalue weighted by Crippen LogP contribution is 2.19. The monoisotopic (exact) mass is 222 g/mol. The lowest BCUT2D eigenvalue weighted by Crippen LogP contribution is -2.28. The van der Waals surface area contributed by atoms with E-state index in [-0.39, 0.29) is 18.2 Å². The van der Waals surface area contributed by atoms with E-state index in [0.717, 1.165) is 5.56 Å². The van der Waals surface area contributed by atoms with Crippen LogP contribution in [0.25, 0.3) is 0 Å². The van der Waals surface area contributed by atoms with Gasteiger partial charge in [0, 0.05) is 38.3 Å². The van der Waals surface area contributed by atoms with E-state index in [1.165, 1.54) is 0 Å². The van der Waals surface area contributed by atoms with E-state index < -0.39 is 5.91 Å². The van der Waals surface area contributed by atoms with Gasteiger partial charge >= 0.3 is 0 Å². The standard InChI is InChI=1S/C10H14N4O2/c1-13-4-7(3-12-13)5-14-6-8(10(11)16)2-9(14)15/h3-4,8H,2,5-6H2,1H3,(H2,11,16). The van der Waals surface area contributed by atoms with Crippen LogP contribution >= 0.6 is 0 Å². The number of hydrogen-bond acceptors (Lipinski definition) is 3. The average Bonchev–Trinajstić information content (AvgIpc) is 2.75. The number of carbonyl (C=O) groups excluding carboxylic acids is 2. The van der Waals surface area contributed by atoms with E-state index >= 15 is 0 Å². The molecule has 0 radical (unpaired) electrons. The quantitative estimate of drug-likeness (QED) is 0.731. The Hall–Kier alpha value is -1.85. The van der Waals surface area contributed by atoms with Gasteiger partial charge in [-0.1, -0.05) is 0 Å². The van der Waals surface area contributed by atoms with Crippen LogP contribution in [0.5, 0.6) is 0 Å². The summed E-state index contributed by atoms with van der Waals surface area (Å²) < 4.78 is 1.68. The van der Waals surface area contributed by atoms with E-state index in [2.05, 4.69) is 5.10 Å². The van der Waals surface area contributed by atoms with Crippen molar-refractivity contribution in [2.24, 2.45) is 18.7 Å². The molecular weight excluding hydrogens is 208 g/mol. The molecule has 86 valence electrons. The Kier molecular flexibility index (Phi) is 2.64. The topological polar surface area (TPSA) is 81.2 Å². The van der Waals surface area contributed by atoms with Crippen molar-refractivity contribution in [2.75, 3.05) is 6.54 Å². The summed E-state index contributed by atoms with van der Waals surface area (Å²) in [6.07, 6.45) is 3.80. The number of nitrogens with two attached hydrogens (primary N) is 1. The van der Waals surface area contributed by atoms with Crippen LogP contribution in [0, 0.1) is 5.92 Å². The Morgan fingerprint density at radius 2 is 2.44 bits per heavy atom. The number of aromatic nitrogens is 2. The van der Waals surface area contributed by atoms with Gasteiger partial charge in [-0.25, -0.2) is 0 Å². The molecule has 1 saturated heterocycles. The lowest BCUT2D eigenvalue weighted by Gasteiger charge is -2.14. The number of amides is 2. The predicted molar refractivity (Wildman–Crippen MR) is 55.9 cm³/mol. The molecule has 1 aliphatic heterocycles. The van der Waals surface area contributed by atoms with Gasteiger partial charge in [0.25, 0.3) is 0 Å². The Bertz CT molecular complexity index is 426. The maximum Gasteiger partial charge on any atom is 0.223 e. The smallest absolute Gasteiger partial charge is 0.223 e. The number of nitrogens with zero attached hydrogens (tertiary/aromatic N) is 3. The molecule has 1 aromatic heterocycles. The molecule has 1 aromatic rings. The lowest BCUT2D eigenvalue weighted by atomic mass is 10.1. The van der Waals surface area contributed by atoms with Crippen LogP contribution in [0.2, 0.25) is 0 Å². The Morgan fingerprint density at radius 3 is 2.94 bits per heavy atom. The summed E-state index contributed by atoms with van der Waals surface area (Å²) in [6, 6.07) is 0. The van der Waals surface area contributed by atoms with E-state index in [9.17, 15) is 9.59 Å². The minimum Gasteiger partial charge on any atom is -0.369 e. The molecule has 16 heavy (non-hydrogen) atoms. The molecule has 6 heteroatoms. The summed E-state index contributed by atoms with van der Waals surface area (Å²) in [5.41, 5.74) is 6.14. The molecule has 1 unspecified atom stereocenters. The number of rotatable bonds is 3. The van der Waals surface area contributed by atoms with Crippen LogP contribution in [-0.2, 0) is 23.2 Å². The zero-order valence-electron chi connectivity index (χ0n) is 9.09. The fourth-order valence-electron chi connectivity index (χ4n) is 1.89. The first-order chi connectivity index (χ1) is 7.56. The lowest BCUT2D eigenvalue weighted by molar-refractivity contribution is -0.128. The van der Waals surface area contributed by atoms with Crippen LogP contribution in [0.1, 0.15) is 12.0 Å². The van der Waals surface area contributed by atoms with Gasteiger partial charge in [0.1, 0.15) is 0 Å². The second-order valence-electron chi connectivity index (χ2n) is 4.10. The molecule has 1 fully saturated rings. The van der Waals surface area contributed by atoms with Gasteiger partial charge in [-0.2, -0.15) is 5.10 Å². The third-order valence-corrected chi connectivity index (χ3v) is 2.75. The molecule has 2 N–H and O–H groups in total. The number of hydrogen-bond donors (Lipinski definition) is 1. The molecule has 0 aromatic carbocycles. The number of primary amides is 1. The van der Waals surface area contributed by atoms with Gasteiger partial charge in [0.15, 0.2) is 0 Å². The molecule has 1 atom stereocenters. The summed E-state index contributed by atoms with van der Waals surface area (Å²) in [6.45, 7) is 0.916. The fourth-order valence-corrected chi connectivity index (χ4v) is 1.89. The highest BCUT2D eigenvalue weighted by Gasteiger charge is 2.32. The Balaban J connectivity index is 2.01. The van der Waals surface area contributed by atoms with Crippen LogP contribution in [-0.4, -0.2) is 33.0 Å². The molecule has 0 saturated carbocycles. The highest BCUT2D eigenvalue weighted by atomic mass is 16.2. The van der Waals surface area contributed by atoms with Gasteiger partial charge in [-0.05, 0) is 0 Å². The Labute approximate surface area is 93.0 Å². The van der Waals surface area contributed by atoms with Crippen molar-refractivity contribution >= 4 is 11.8 Å². The van der Waals surface area contributed by atoms with Gasteiger partial charge in [0.05, 0.1) is 12.1 Å². The summed E-state index contributed by atoms with van der Waals surface area (Å²) in [4.78, 5) is 24.2. The second kappa shape index (κ2) is 3.96. The van der Waals surface area contributed by atoms with Crippen LogP contribution in [0.4, 0.5) is 0 Å². The third-order valence-electron chi connectivity index (χ3n) is 2.75. The minimum atomic E-state index is -0.401. The molecule has 0 aliphatic carbocycles. The van der Waals surface area contributed by atoms with Gasteiger partial charge in [0.2, 0.25) is 11.8 Å². The van der Waals surface area contributed by atoms with Crippen molar-refractivity contribution < 1.29 is 9.59 Å². The van der Waals surface area contributed by atoms with Crippen molar-refractivity contribution in [3.05, 3.63) is 18.0 Å².